The molecule has 0 aliphatic carbocycles. The molecule has 0 bridgehead atoms. The second-order valence-corrected chi connectivity index (χ2v) is 15.4. The number of rotatable bonds is 9. The summed E-state index contributed by atoms with van der Waals surface area (Å²) in [5.41, 5.74) is -1.47. The number of fused-ring (bicyclic) bond motifs is 1. The van der Waals surface area contributed by atoms with E-state index >= 15 is 4.79 Å². The fourth-order valence-electron chi connectivity index (χ4n) is 8.11. The molecular formula is C35H39ClF3N4O8S+. The molecule has 52 heavy (non-hydrogen) atoms. The van der Waals surface area contributed by atoms with Crippen LogP contribution in [0.15, 0.2) is 59.5 Å². The van der Waals surface area contributed by atoms with Crippen molar-refractivity contribution in [3.05, 3.63) is 70.7 Å². The van der Waals surface area contributed by atoms with Crippen LogP contribution in [-0.4, -0.2) is 96.3 Å². The Bertz CT molecular complexity index is 2010. The number of nitrogens with zero attached hydrogens (tertiary/aromatic N) is 3. The van der Waals surface area contributed by atoms with Gasteiger partial charge < -0.3 is 29.5 Å². The third kappa shape index (κ3) is 5.98. The molecule has 3 aromatic rings. The topological polar surface area (TPSA) is 135 Å². The normalized spacial score (nSPS) is 24.8. The molecule has 280 valence electrons. The number of hydrogen-bond donors (Lipinski definition) is 2. The molecule has 4 atom stereocenters. The zero-order chi connectivity index (χ0) is 37.8. The summed E-state index contributed by atoms with van der Waals surface area (Å²) in [5, 5.41) is 14.0. The molecule has 12 nitrogen and oxygen atoms in total. The fraction of sp³-hybridized carbons (Fsp3) is 0.429. The maximum absolute atomic E-state index is 15.8. The first-order valence-corrected chi connectivity index (χ1v) is 18.4. The van der Waals surface area contributed by atoms with Crippen LogP contribution in [0.3, 0.4) is 0 Å². The minimum atomic E-state index is -5.31. The number of benzene rings is 3. The molecule has 3 aromatic carbocycles. The van der Waals surface area contributed by atoms with Crippen molar-refractivity contribution < 1.29 is 55.0 Å². The molecule has 2 unspecified atom stereocenters. The van der Waals surface area contributed by atoms with Gasteiger partial charge in [0.1, 0.15) is 29.0 Å². The molecule has 3 heterocycles. The number of hydrogen-bond acceptors (Lipinski definition) is 9. The summed E-state index contributed by atoms with van der Waals surface area (Å²) in [6.45, 7) is 1.22. The first-order chi connectivity index (χ1) is 24.5. The third-order valence-electron chi connectivity index (χ3n) is 10.3. The van der Waals surface area contributed by atoms with Crippen LogP contribution in [0.1, 0.15) is 36.8 Å². The van der Waals surface area contributed by atoms with E-state index in [9.17, 15) is 31.5 Å². The van der Waals surface area contributed by atoms with Crippen LogP contribution in [-0.2, 0) is 25.2 Å². The summed E-state index contributed by atoms with van der Waals surface area (Å²) in [6, 6.07) is 10.9. The Morgan fingerprint density at radius 2 is 1.71 bits per heavy atom. The van der Waals surface area contributed by atoms with Crippen LogP contribution in [0.2, 0.25) is 5.02 Å². The van der Waals surface area contributed by atoms with Crippen LogP contribution < -0.4 is 28.7 Å². The predicted molar refractivity (Wildman–Crippen MR) is 185 cm³/mol. The number of alkyl halides is 3. The van der Waals surface area contributed by atoms with Gasteiger partial charge in [-0.3, -0.25) is 14.1 Å². The van der Waals surface area contributed by atoms with E-state index in [1.807, 2.05) is 6.07 Å². The number of amides is 2. The Morgan fingerprint density at radius 3 is 2.35 bits per heavy atom. The Kier molecular flexibility index (Phi) is 9.83. The van der Waals surface area contributed by atoms with Crippen molar-refractivity contribution >= 4 is 44.8 Å². The van der Waals surface area contributed by atoms with Crippen molar-refractivity contribution in [1.29, 1.82) is 0 Å². The van der Waals surface area contributed by atoms with Gasteiger partial charge in [-0.05, 0) is 67.8 Å². The van der Waals surface area contributed by atoms with Gasteiger partial charge in [-0.2, -0.15) is 4.31 Å². The van der Waals surface area contributed by atoms with Gasteiger partial charge >= 0.3 is 12.3 Å². The molecule has 0 spiro atoms. The number of carbonyl (C=O) groups is 2. The van der Waals surface area contributed by atoms with Gasteiger partial charge in [0, 0.05) is 43.3 Å². The summed E-state index contributed by atoms with van der Waals surface area (Å²) in [4.78, 5) is 30.6. The molecule has 2 amide bonds. The summed E-state index contributed by atoms with van der Waals surface area (Å²) >= 11 is 6.62. The molecule has 2 N–H and O–H groups in total. The van der Waals surface area contributed by atoms with E-state index in [4.69, 9.17) is 21.1 Å². The van der Waals surface area contributed by atoms with E-state index in [0.717, 1.165) is 37.5 Å². The van der Waals surface area contributed by atoms with Gasteiger partial charge in [0.2, 0.25) is 5.54 Å². The van der Waals surface area contributed by atoms with E-state index in [0.29, 0.717) is 23.1 Å². The van der Waals surface area contributed by atoms with Crippen molar-refractivity contribution in [2.24, 2.45) is 0 Å². The van der Waals surface area contributed by atoms with Gasteiger partial charge in [0.15, 0.2) is 11.8 Å². The second kappa shape index (κ2) is 13.6. The Hall–Kier alpha value is -4.25. The number of likely N-dealkylation sites (tertiary alicyclic amines) is 1. The van der Waals surface area contributed by atoms with E-state index in [1.165, 1.54) is 39.5 Å². The van der Waals surface area contributed by atoms with Crippen molar-refractivity contribution in [2.45, 2.75) is 54.6 Å². The van der Waals surface area contributed by atoms with Crippen molar-refractivity contribution in [2.75, 3.05) is 57.2 Å². The maximum atomic E-state index is 15.8. The zero-order valence-corrected chi connectivity index (χ0v) is 30.4. The van der Waals surface area contributed by atoms with Crippen LogP contribution in [0.5, 0.6) is 17.2 Å². The number of anilines is 2. The van der Waals surface area contributed by atoms with Crippen LogP contribution >= 0.6 is 11.6 Å². The van der Waals surface area contributed by atoms with Gasteiger partial charge in [-0.25, -0.2) is 8.42 Å². The number of likely N-dealkylation sites (N-methyl/N-ethyl adjacent to an activating group) is 2. The number of halogens is 4. The molecule has 17 heteroatoms. The molecule has 0 aromatic heterocycles. The zero-order valence-electron chi connectivity index (χ0n) is 28.9. The number of quaternary nitrogens is 1. The SMILES string of the molecule is CNC(=O)[C@@H]1C[C@@H](O)C[N+]1(C)C1(c2cc(N3CCCCC3)ccc2OC)C(=O)N(S(=O)(=O)c2ccc(OC)cc2OC(F)(F)F)c2ccc(Cl)cc21. The highest BCUT2D eigenvalue weighted by Gasteiger charge is 2.72. The molecule has 6 rings (SSSR count). The number of aliphatic hydroxyl groups excluding tert-OH is 1. The Morgan fingerprint density at radius 1 is 1.00 bits per heavy atom. The largest absolute Gasteiger partial charge is 0.573 e. The number of ether oxygens (including phenoxy) is 3. The maximum Gasteiger partial charge on any atom is 0.573 e. The smallest absolute Gasteiger partial charge is 0.497 e. The minimum Gasteiger partial charge on any atom is -0.497 e. The predicted octanol–water partition coefficient (Wildman–Crippen LogP) is 4.55. The highest BCUT2D eigenvalue weighted by atomic mass is 35.5. The third-order valence-corrected chi connectivity index (χ3v) is 12.3. The fourth-order valence-corrected chi connectivity index (χ4v) is 9.84. The summed E-state index contributed by atoms with van der Waals surface area (Å²) < 4.78 is 85.8. The highest BCUT2D eigenvalue weighted by Crippen LogP contribution is 2.58. The summed E-state index contributed by atoms with van der Waals surface area (Å²) in [7, 11) is 0.301. The lowest BCUT2D eigenvalue weighted by Gasteiger charge is -2.49. The van der Waals surface area contributed by atoms with Crippen molar-refractivity contribution in [3.63, 3.8) is 0 Å². The molecule has 3 aliphatic rings. The number of methoxy groups -OCH3 is 2. The number of sulfonamides is 1. The first-order valence-electron chi connectivity index (χ1n) is 16.6. The minimum absolute atomic E-state index is 0.0416. The van der Waals surface area contributed by atoms with Crippen molar-refractivity contribution in [3.8, 4) is 17.2 Å². The number of aliphatic hydroxyl groups is 1. The average Bonchev–Trinajstić information content (AvgIpc) is 3.57. The van der Waals surface area contributed by atoms with Crippen LogP contribution in [0.4, 0.5) is 24.5 Å². The lowest BCUT2D eigenvalue weighted by Crippen LogP contribution is -2.69. The van der Waals surface area contributed by atoms with Gasteiger partial charge in [0.05, 0.1) is 38.1 Å². The van der Waals surface area contributed by atoms with E-state index in [1.54, 1.807) is 19.2 Å². The number of piperidine rings is 1. The lowest BCUT2D eigenvalue weighted by molar-refractivity contribution is -0.953. The summed E-state index contributed by atoms with van der Waals surface area (Å²) in [5.74, 6) is -2.75. The first kappa shape index (κ1) is 37.5. The standard InChI is InChI=1S/C35H38ClF3N4O8S/c1-40-32(45)28-18-23(44)20-43(28,2)34(26-17-22(9-12-29(26)50-4)41-14-6-5-7-15-41)25-16-21(36)8-11-27(25)42(33(34)46)52(47,48)31-13-10-24(49-3)19-30(31)51-35(37,38)39/h8-13,16-17,19,23,28,44H,5-7,14-15,18,20H2,1-4H3/p+1/t23-,28+,34?,43?/m1/s1. The lowest BCUT2D eigenvalue weighted by atomic mass is 9.78. The molecular weight excluding hydrogens is 729 g/mol. The molecule has 2 saturated heterocycles. The molecule has 0 radical (unpaired) electrons. The summed E-state index contributed by atoms with van der Waals surface area (Å²) in [6.07, 6.45) is -3.65. The Labute approximate surface area is 304 Å². The second-order valence-electron chi connectivity index (χ2n) is 13.2. The average molecular weight is 768 g/mol. The number of nitrogens with one attached hydrogen (secondary N) is 1. The molecule has 3 aliphatic heterocycles. The van der Waals surface area contributed by atoms with Gasteiger partial charge in [-0.1, -0.05) is 11.6 Å². The monoisotopic (exact) mass is 767 g/mol. The van der Waals surface area contributed by atoms with Gasteiger partial charge in [0.25, 0.3) is 15.9 Å². The van der Waals surface area contributed by atoms with E-state index in [2.05, 4.69) is 15.0 Å². The van der Waals surface area contributed by atoms with Gasteiger partial charge in [-0.15, -0.1) is 13.2 Å². The number of carbonyl (C=O) groups excluding carboxylic acids is 2. The molecule has 2 fully saturated rings. The molecule has 0 saturated carbocycles. The van der Waals surface area contributed by atoms with E-state index < -0.39 is 61.0 Å². The van der Waals surface area contributed by atoms with Crippen molar-refractivity contribution in [1.82, 2.24) is 5.32 Å². The highest BCUT2D eigenvalue weighted by molar-refractivity contribution is 7.93. The van der Waals surface area contributed by atoms with E-state index in [-0.39, 0.29) is 46.3 Å². The quantitative estimate of drug-likeness (QED) is 0.301. The Balaban J connectivity index is 1.71. The van der Waals surface area contributed by atoms with Crippen LogP contribution in [0.25, 0.3) is 0 Å². The van der Waals surface area contributed by atoms with Crippen LogP contribution in [0, 0.1) is 0 Å².